The minimum atomic E-state index is -0.332. The standard InChI is InChI=1S/C24H20Cl2N2O2/c1-13(2)15-6-9-22-21(10-15)28-24(30-22)16-5-4-14(3)20(11-16)27-23(29)18-12-17(25)7-8-19(18)26/h4-13H,1-3H3,(H,27,29). The number of oxazole rings is 1. The van der Waals surface area contributed by atoms with E-state index in [-0.39, 0.29) is 5.91 Å². The van der Waals surface area contributed by atoms with Gasteiger partial charge in [-0.05, 0) is 66.4 Å². The first-order chi connectivity index (χ1) is 14.3. The second-order valence-electron chi connectivity index (χ2n) is 7.51. The van der Waals surface area contributed by atoms with E-state index in [9.17, 15) is 4.79 Å². The molecule has 0 radical (unpaired) electrons. The number of fused-ring (bicyclic) bond motifs is 1. The Morgan fingerprint density at radius 3 is 2.60 bits per heavy atom. The molecule has 1 amide bonds. The van der Waals surface area contributed by atoms with Crippen molar-refractivity contribution in [3.63, 3.8) is 0 Å². The molecule has 4 rings (SSSR count). The zero-order chi connectivity index (χ0) is 21.4. The summed E-state index contributed by atoms with van der Waals surface area (Å²) in [5, 5.41) is 3.70. The first-order valence-electron chi connectivity index (χ1n) is 9.60. The molecule has 4 aromatic rings. The largest absolute Gasteiger partial charge is 0.436 e. The number of amides is 1. The summed E-state index contributed by atoms with van der Waals surface area (Å²) in [6, 6.07) is 16.5. The molecule has 6 heteroatoms. The van der Waals surface area contributed by atoms with E-state index in [0.29, 0.717) is 33.1 Å². The molecule has 152 valence electrons. The Morgan fingerprint density at radius 1 is 1.03 bits per heavy atom. The smallest absolute Gasteiger partial charge is 0.257 e. The van der Waals surface area contributed by atoms with Crippen molar-refractivity contribution in [2.45, 2.75) is 26.7 Å². The molecule has 3 aromatic carbocycles. The molecule has 1 N–H and O–H groups in total. The van der Waals surface area contributed by atoms with Crippen molar-refractivity contribution in [1.29, 1.82) is 0 Å². The molecule has 1 aromatic heterocycles. The Hall–Kier alpha value is -2.82. The lowest BCUT2D eigenvalue weighted by Crippen LogP contribution is -2.13. The van der Waals surface area contributed by atoms with E-state index in [1.165, 1.54) is 5.56 Å². The molecular formula is C24H20Cl2N2O2. The van der Waals surface area contributed by atoms with Gasteiger partial charge < -0.3 is 9.73 Å². The Bertz CT molecular complexity index is 1260. The van der Waals surface area contributed by atoms with Gasteiger partial charge in [-0.2, -0.15) is 0 Å². The number of nitrogens with zero attached hydrogens (tertiary/aromatic N) is 1. The average Bonchev–Trinajstić information content (AvgIpc) is 3.14. The molecule has 0 spiro atoms. The minimum absolute atomic E-state index is 0.317. The summed E-state index contributed by atoms with van der Waals surface area (Å²) in [6.07, 6.45) is 0. The molecule has 0 saturated carbocycles. The maximum atomic E-state index is 12.7. The molecule has 30 heavy (non-hydrogen) atoms. The molecule has 0 saturated heterocycles. The normalized spacial score (nSPS) is 11.3. The van der Waals surface area contributed by atoms with Gasteiger partial charge in [-0.25, -0.2) is 4.98 Å². The van der Waals surface area contributed by atoms with E-state index in [1.54, 1.807) is 18.2 Å². The van der Waals surface area contributed by atoms with Crippen LogP contribution in [-0.4, -0.2) is 10.9 Å². The third-order valence-corrected chi connectivity index (χ3v) is 5.55. The number of benzene rings is 3. The number of rotatable bonds is 4. The number of nitrogens with one attached hydrogen (secondary N) is 1. The summed E-state index contributed by atoms with van der Waals surface area (Å²) < 4.78 is 5.95. The zero-order valence-electron chi connectivity index (χ0n) is 16.8. The fraction of sp³-hybridized carbons (Fsp3) is 0.167. The van der Waals surface area contributed by atoms with E-state index in [1.807, 2.05) is 37.3 Å². The minimum Gasteiger partial charge on any atom is -0.436 e. The van der Waals surface area contributed by atoms with Crippen molar-refractivity contribution >= 4 is 45.9 Å². The van der Waals surface area contributed by atoms with Crippen LogP contribution in [0.25, 0.3) is 22.6 Å². The fourth-order valence-electron chi connectivity index (χ4n) is 3.18. The Kier molecular flexibility index (Phi) is 5.54. The van der Waals surface area contributed by atoms with Crippen LogP contribution in [0.3, 0.4) is 0 Å². The molecule has 0 fully saturated rings. The first kappa shape index (κ1) is 20.5. The lowest BCUT2D eigenvalue weighted by atomic mass is 10.0. The zero-order valence-corrected chi connectivity index (χ0v) is 18.3. The van der Waals surface area contributed by atoms with Gasteiger partial charge in [0.15, 0.2) is 5.58 Å². The highest BCUT2D eigenvalue weighted by Gasteiger charge is 2.15. The molecule has 0 atom stereocenters. The summed E-state index contributed by atoms with van der Waals surface area (Å²) in [6.45, 7) is 6.20. The van der Waals surface area contributed by atoms with Gasteiger partial charge >= 0.3 is 0 Å². The quantitative estimate of drug-likeness (QED) is 0.359. The van der Waals surface area contributed by atoms with Crippen molar-refractivity contribution in [3.8, 4) is 11.5 Å². The fourth-order valence-corrected chi connectivity index (χ4v) is 3.55. The third kappa shape index (κ3) is 4.07. The molecule has 0 aliphatic carbocycles. The Balaban J connectivity index is 1.67. The molecule has 0 bridgehead atoms. The molecule has 0 aliphatic heterocycles. The Morgan fingerprint density at radius 2 is 1.83 bits per heavy atom. The third-order valence-electron chi connectivity index (χ3n) is 4.98. The Labute approximate surface area is 184 Å². The number of carbonyl (C=O) groups excluding carboxylic acids is 1. The summed E-state index contributed by atoms with van der Waals surface area (Å²) in [5.41, 5.74) is 5.39. The van der Waals surface area contributed by atoms with E-state index >= 15 is 0 Å². The lowest BCUT2D eigenvalue weighted by molar-refractivity contribution is 0.102. The predicted octanol–water partition coefficient (Wildman–Crippen LogP) is 7.49. The number of hydrogen-bond acceptors (Lipinski definition) is 3. The van der Waals surface area contributed by atoms with Crippen LogP contribution in [0, 0.1) is 6.92 Å². The predicted molar refractivity (Wildman–Crippen MR) is 123 cm³/mol. The second-order valence-corrected chi connectivity index (χ2v) is 8.35. The van der Waals surface area contributed by atoms with Gasteiger partial charge in [0.25, 0.3) is 5.91 Å². The van der Waals surface area contributed by atoms with Gasteiger partial charge in [-0.1, -0.05) is 49.2 Å². The van der Waals surface area contributed by atoms with Crippen LogP contribution in [-0.2, 0) is 0 Å². The second kappa shape index (κ2) is 8.13. The highest BCUT2D eigenvalue weighted by molar-refractivity contribution is 6.36. The topological polar surface area (TPSA) is 55.1 Å². The monoisotopic (exact) mass is 438 g/mol. The summed E-state index contributed by atoms with van der Waals surface area (Å²) in [4.78, 5) is 17.4. The van der Waals surface area contributed by atoms with Crippen molar-refractivity contribution in [2.75, 3.05) is 5.32 Å². The highest BCUT2D eigenvalue weighted by atomic mass is 35.5. The molecule has 4 nitrogen and oxygen atoms in total. The van der Waals surface area contributed by atoms with Crippen LogP contribution < -0.4 is 5.32 Å². The van der Waals surface area contributed by atoms with Gasteiger partial charge in [-0.3, -0.25) is 4.79 Å². The van der Waals surface area contributed by atoms with Crippen LogP contribution >= 0.6 is 23.2 Å². The van der Waals surface area contributed by atoms with E-state index in [2.05, 4.69) is 30.2 Å². The van der Waals surface area contributed by atoms with Gasteiger partial charge in [0.1, 0.15) is 5.52 Å². The van der Waals surface area contributed by atoms with Crippen LogP contribution in [0.1, 0.15) is 41.3 Å². The van der Waals surface area contributed by atoms with E-state index in [0.717, 1.165) is 22.2 Å². The van der Waals surface area contributed by atoms with Crippen LogP contribution in [0.4, 0.5) is 5.69 Å². The van der Waals surface area contributed by atoms with Crippen LogP contribution in [0.5, 0.6) is 0 Å². The highest BCUT2D eigenvalue weighted by Crippen LogP contribution is 2.30. The first-order valence-corrected chi connectivity index (χ1v) is 10.4. The van der Waals surface area contributed by atoms with Crippen molar-refractivity contribution < 1.29 is 9.21 Å². The number of anilines is 1. The number of aryl methyl sites for hydroxylation is 1. The number of halogens is 2. The molecular weight excluding hydrogens is 419 g/mol. The van der Waals surface area contributed by atoms with Gasteiger partial charge in [-0.15, -0.1) is 0 Å². The van der Waals surface area contributed by atoms with Crippen molar-refractivity contribution in [1.82, 2.24) is 4.98 Å². The van der Waals surface area contributed by atoms with Gasteiger partial charge in [0.05, 0.1) is 10.6 Å². The SMILES string of the molecule is Cc1ccc(-c2nc3cc(C(C)C)ccc3o2)cc1NC(=O)c1cc(Cl)ccc1Cl. The molecule has 1 heterocycles. The molecule has 0 aliphatic rings. The van der Waals surface area contributed by atoms with E-state index in [4.69, 9.17) is 27.6 Å². The number of aromatic nitrogens is 1. The van der Waals surface area contributed by atoms with Crippen LogP contribution in [0.15, 0.2) is 59.0 Å². The van der Waals surface area contributed by atoms with Crippen molar-refractivity contribution in [3.05, 3.63) is 81.3 Å². The summed E-state index contributed by atoms with van der Waals surface area (Å²) in [7, 11) is 0. The summed E-state index contributed by atoms with van der Waals surface area (Å²) in [5.74, 6) is 0.582. The maximum Gasteiger partial charge on any atom is 0.257 e. The van der Waals surface area contributed by atoms with E-state index < -0.39 is 0 Å². The average molecular weight is 439 g/mol. The van der Waals surface area contributed by atoms with Crippen molar-refractivity contribution in [2.24, 2.45) is 0 Å². The maximum absolute atomic E-state index is 12.7. The van der Waals surface area contributed by atoms with Gasteiger partial charge in [0.2, 0.25) is 5.89 Å². The lowest BCUT2D eigenvalue weighted by Gasteiger charge is -2.11. The number of hydrogen-bond donors (Lipinski definition) is 1. The summed E-state index contributed by atoms with van der Waals surface area (Å²) >= 11 is 12.2. The molecule has 0 unspecified atom stereocenters. The number of carbonyl (C=O) groups is 1. The van der Waals surface area contributed by atoms with Gasteiger partial charge in [0, 0.05) is 16.3 Å². The van der Waals surface area contributed by atoms with Crippen LogP contribution in [0.2, 0.25) is 10.0 Å².